The van der Waals surface area contributed by atoms with Gasteiger partial charge in [0.25, 0.3) is 0 Å². The van der Waals surface area contributed by atoms with E-state index in [4.69, 9.17) is 27.9 Å². The standard InChI is InChI=1S/C7H18N2O4Si.C6H16O2Si/c1-11-14(12-2,13-3)6-4-5-9-7(8)10;1-5-7-9(3,4)8-6-2/h4-6H2,1-3H3,(H3,8,9,10);5-6H2,1-4H3. The summed E-state index contributed by atoms with van der Waals surface area (Å²) in [6.07, 6.45) is 0.713. The molecule has 0 atom stereocenters. The Kier molecular flexibility index (Phi) is 15.0. The summed E-state index contributed by atoms with van der Waals surface area (Å²) in [6.45, 7) is 10.1. The Hall–Kier alpha value is -0.496. The normalized spacial score (nSPS) is 11.6. The quantitative estimate of drug-likeness (QED) is 0.424. The third kappa shape index (κ3) is 13.6. The summed E-state index contributed by atoms with van der Waals surface area (Å²) in [5.41, 5.74) is 4.91. The highest BCUT2D eigenvalue weighted by atomic mass is 28.4. The van der Waals surface area contributed by atoms with E-state index in [1.54, 1.807) is 21.3 Å². The summed E-state index contributed by atoms with van der Waals surface area (Å²) >= 11 is 0. The lowest BCUT2D eigenvalue weighted by molar-refractivity contribution is 0.123. The van der Waals surface area contributed by atoms with Crippen molar-refractivity contribution in [3.8, 4) is 0 Å². The molecular formula is C13H34N2O6Si2. The number of amides is 2. The van der Waals surface area contributed by atoms with Gasteiger partial charge in [0.05, 0.1) is 0 Å². The van der Waals surface area contributed by atoms with Gasteiger partial charge in [-0.05, 0) is 33.4 Å². The molecule has 10 heteroatoms. The van der Waals surface area contributed by atoms with Crippen molar-refractivity contribution in [2.75, 3.05) is 41.1 Å². The number of nitrogens with two attached hydrogens (primary N) is 1. The van der Waals surface area contributed by atoms with Crippen LogP contribution < -0.4 is 11.1 Å². The minimum atomic E-state index is -2.48. The van der Waals surface area contributed by atoms with Crippen LogP contribution in [-0.4, -0.2) is 64.5 Å². The number of primary amides is 1. The first-order valence-electron chi connectivity index (χ1n) is 7.69. The van der Waals surface area contributed by atoms with Crippen LogP contribution in [0.25, 0.3) is 0 Å². The predicted octanol–water partition coefficient (Wildman–Crippen LogP) is 1.68. The van der Waals surface area contributed by atoms with Crippen LogP contribution in [0.5, 0.6) is 0 Å². The van der Waals surface area contributed by atoms with Gasteiger partial charge in [0.2, 0.25) is 0 Å². The molecule has 2 amide bonds. The number of nitrogens with one attached hydrogen (secondary N) is 1. The predicted molar refractivity (Wildman–Crippen MR) is 94.5 cm³/mol. The first-order valence-corrected chi connectivity index (χ1v) is 12.4. The van der Waals surface area contributed by atoms with Gasteiger partial charge in [-0.25, -0.2) is 4.79 Å². The number of carbonyl (C=O) groups excluding carboxylic acids is 1. The van der Waals surface area contributed by atoms with E-state index in [1.165, 1.54) is 0 Å². The van der Waals surface area contributed by atoms with Crippen molar-refractivity contribution < 1.29 is 26.9 Å². The molecule has 0 heterocycles. The van der Waals surface area contributed by atoms with Gasteiger partial charge in [-0.15, -0.1) is 0 Å². The number of hydrogen-bond acceptors (Lipinski definition) is 6. The highest BCUT2D eigenvalue weighted by molar-refractivity contribution is 6.64. The Labute approximate surface area is 142 Å². The first kappa shape index (κ1) is 24.8. The van der Waals surface area contributed by atoms with E-state index in [0.29, 0.717) is 19.0 Å². The molecule has 0 rings (SSSR count). The van der Waals surface area contributed by atoms with E-state index in [1.807, 2.05) is 13.8 Å². The fourth-order valence-electron chi connectivity index (χ4n) is 1.81. The molecule has 0 saturated heterocycles. The molecule has 0 aromatic heterocycles. The van der Waals surface area contributed by atoms with E-state index < -0.39 is 23.4 Å². The van der Waals surface area contributed by atoms with Crippen LogP contribution in [0.2, 0.25) is 19.1 Å². The Balaban J connectivity index is 0. The monoisotopic (exact) mass is 370 g/mol. The number of carbonyl (C=O) groups is 1. The molecule has 0 bridgehead atoms. The van der Waals surface area contributed by atoms with Gasteiger partial charge in [0.15, 0.2) is 0 Å². The van der Waals surface area contributed by atoms with E-state index >= 15 is 0 Å². The van der Waals surface area contributed by atoms with Gasteiger partial charge in [-0.1, -0.05) is 0 Å². The van der Waals surface area contributed by atoms with Crippen LogP contribution in [0.4, 0.5) is 4.79 Å². The van der Waals surface area contributed by atoms with Crippen LogP contribution in [0.1, 0.15) is 20.3 Å². The highest BCUT2D eigenvalue weighted by Gasteiger charge is 2.36. The van der Waals surface area contributed by atoms with Gasteiger partial charge < -0.3 is 33.2 Å². The van der Waals surface area contributed by atoms with Gasteiger partial charge in [-0.3, -0.25) is 0 Å². The van der Waals surface area contributed by atoms with E-state index in [2.05, 4.69) is 18.4 Å². The zero-order valence-electron chi connectivity index (χ0n) is 15.6. The minimum absolute atomic E-state index is 0.500. The second-order valence-electron chi connectivity index (χ2n) is 4.96. The summed E-state index contributed by atoms with van der Waals surface area (Å²) in [6, 6.07) is 0.126. The molecule has 0 aromatic rings. The third-order valence-corrected chi connectivity index (χ3v) is 7.68. The zero-order chi connectivity index (χ0) is 18.4. The van der Waals surface area contributed by atoms with Gasteiger partial charge in [0.1, 0.15) is 0 Å². The van der Waals surface area contributed by atoms with Crippen molar-refractivity contribution in [1.82, 2.24) is 5.32 Å². The SMILES string of the molecule is CCO[Si](C)(C)OCC.CO[Si](CCCNC(N)=O)(OC)OC. The molecular weight excluding hydrogens is 336 g/mol. The topological polar surface area (TPSA) is 101 Å². The van der Waals surface area contributed by atoms with Crippen molar-refractivity contribution in [3.63, 3.8) is 0 Å². The smallest absolute Gasteiger partial charge is 0.395 e. The third-order valence-electron chi connectivity index (χ3n) is 2.88. The van der Waals surface area contributed by atoms with Gasteiger partial charge in [0, 0.05) is 47.1 Å². The van der Waals surface area contributed by atoms with Gasteiger partial charge in [-0.2, -0.15) is 0 Å². The van der Waals surface area contributed by atoms with E-state index in [0.717, 1.165) is 13.2 Å². The van der Waals surface area contributed by atoms with Crippen molar-refractivity contribution in [3.05, 3.63) is 0 Å². The van der Waals surface area contributed by atoms with Crippen LogP contribution in [0, 0.1) is 0 Å². The maximum absolute atomic E-state index is 10.4. The molecule has 3 N–H and O–H groups in total. The summed E-state index contributed by atoms with van der Waals surface area (Å²) in [5, 5.41) is 2.48. The molecule has 0 aliphatic rings. The Bertz CT molecular complexity index is 288. The number of hydrogen-bond donors (Lipinski definition) is 2. The molecule has 0 spiro atoms. The summed E-state index contributed by atoms with van der Waals surface area (Å²) < 4.78 is 26.4. The molecule has 0 fully saturated rings. The van der Waals surface area contributed by atoms with Crippen LogP contribution >= 0.6 is 0 Å². The Morgan fingerprint density at radius 2 is 1.43 bits per heavy atom. The molecule has 8 nitrogen and oxygen atoms in total. The lowest BCUT2D eigenvalue weighted by Crippen LogP contribution is -2.43. The van der Waals surface area contributed by atoms with Crippen molar-refractivity contribution in [1.29, 1.82) is 0 Å². The van der Waals surface area contributed by atoms with Crippen molar-refractivity contribution in [2.45, 2.75) is 39.4 Å². The summed E-state index contributed by atoms with van der Waals surface area (Å²) in [5.74, 6) is 0. The molecule has 0 radical (unpaired) electrons. The fourth-order valence-corrected chi connectivity index (χ4v) is 5.01. The summed E-state index contributed by atoms with van der Waals surface area (Å²) in [7, 11) is 0.484. The number of urea groups is 1. The average Bonchev–Trinajstić information content (AvgIpc) is 2.48. The molecule has 0 unspecified atom stereocenters. The summed E-state index contributed by atoms with van der Waals surface area (Å²) in [4.78, 5) is 10.4. The van der Waals surface area contributed by atoms with E-state index in [9.17, 15) is 4.79 Å². The molecule has 0 aliphatic carbocycles. The highest BCUT2D eigenvalue weighted by Crippen LogP contribution is 2.14. The zero-order valence-corrected chi connectivity index (χ0v) is 17.6. The first-order chi connectivity index (χ1) is 10.7. The molecule has 23 heavy (non-hydrogen) atoms. The Morgan fingerprint density at radius 3 is 1.74 bits per heavy atom. The van der Waals surface area contributed by atoms with Gasteiger partial charge >= 0.3 is 23.4 Å². The van der Waals surface area contributed by atoms with Crippen molar-refractivity contribution in [2.24, 2.45) is 5.73 Å². The van der Waals surface area contributed by atoms with Crippen molar-refractivity contribution >= 4 is 23.4 Å². The molecule has 0 aliphatic heterocycles. The molecule has 0 aromatic carbocycles. The maximum atomic E-state index is 10.4. The maximum Gasteiger partial charge on any atom is 0.500 e. The van der Waals surface area contributed by atoms with Crippen LogP contribution in [0.3, 0.4) is 0 Å². The van der Waals surface area contributed by atoms with Crippen LogP contribution in [0.15, 0.2) is 0 Å². The fraction of sp³-hybridized carbons (Fsp3) is 0.923. The second-order valence-corrected chi connectivity index (χ2v) is 11.4. The van der Waals surface area contributed by atoms with E-state index in [-0.39, 0.29) is 0 Å². The lowest BCUT2D eigenvalue weighted by Gasteiger charge is -2.24. The molecule has 0 saturated carbocycles. The minimum Gasteiger partial charge on any atom is -0.395 e. The Morgan fingerprint density at radius 1 is 1.00 bits per heavy atom. The number of rotatable bonds is 11. The lowest BCUT2D eigenvalue weighted by atomic mass is 10.5. The van der Waals surface area contributed by atoms with Crippen LogP contribution in [-0.2, 0) is 22.1 Å². The molecule has 140 valence electrons. The second kappa shape index (κ2) is 13.9. The average molecular weight is 371 g/mol. The largest absolute Gasteiger partial charge is 0.500 e.